The van der Waals surface area contributed by atoms with Gasteiger partial charge in [0.15, 0.2) is 5.16 Å². The van der Waals surface area contributed by atoms with E-state index in [1.54, 1.807) is 11.8 Å². The number of nitrogens with one attached hydrogen (secondary N) is 1. The van der Waals surface area contributed by atoms with Crippen molar-refractivity contribution < 1.29 is 0 Å². The number of nitrogens with zero attached hydrogens (tertiary/aromatic N) is 6. The molecule has 9 heteroatoms. The lowest BCUT2D eigenvalue weighted by molar-refractivity contribution is 0.642. The zero-order chi connectivity index (χ0) is 18.8. The number of thioether (sulfide) groups is 1. The number of aromatic nitrogens is 6. The molecular formula is C18H22N8S. The Hall–Kier alpha value is -2.68. The Kier molecular flexibility index (Phi) is 4.93. The molecule has 0 amide bonds. The average Bonchev–Trinajstić information content (AvgIpc) is 3.43. The standard InChI is InChI=1S/C18H22N8S/c1-3-26-15(12-9-10-12)24-25-18(26)27-11(2)14-21-16(19)23-17(22-14)20-13-7-5-4-6-8-13/h4-8,11-12H,3,9-10H2,1-2H3,(H3,19,20,21,22,23). The minimum absolute atomic E-state index is 0.0341. The predicted molar refractivity (Wildman–Crippen MR) is 106 cm³/mol. The van der Waals surface area contributed by atoms with Gasteiger partial charge >= 0.3 is 0 Å². The molecule has 8 nitrogen and oxygen atoms in total. The number of para-hydroxylation sites is 1. The van der Waals surface area contributed by atoms with Crippen molar-refractivity contribution in [3.05, 3.63) is 42.0 Å². The average molecular weight is 382 g/mol. The van der Waals surface area contributed by atoms with Gasteiger partial charge in [-0.3, -0.25) is 0 Å². The molecule has 3 aromatic rings. The molecule has 1 fully saturated rings. The van der Waals surface area contributed by atoms with E-state index in [2.05, 4.69) is 42.0 Å². The minimum atomic E-state index is -0.0341. The zero-order valence-electron chi connectivity index (χ0n) is 15.3. The maximum atomic E-state index is 5.91. The van der Waals surface area contributed by atoms with Gasteiger partial charge in [0.1, 0.15) is 11.6 Å². The van der Waals surface area contributed by atoms with Gasteiger partial charge in [0.05, 0.1) is 5.25 Å². The van der Waals surface area contributed by atoms with Gasteiger partial charge in [0, 0.05) is 18.2 Å². The highest BCUT2D eigenvalue weighted by Gasteiger charge is 2.30. The third kappa shape index (κ3) is 4.02. The number of rotatable bonds is 7. The molecule has 1 aromatic carbocycles. The minimum Gasteiger partial charge on any atom is -0.368 e. The highest BCUT2D eigenvalue weighted by molar-refractivity contribution is 7.99. The molecule has 0 bridgehead atoms. The fraction of sp³-hybridized carbons (Fsp3) is 0.389. The molecule has 140 valence electrons. The summed E-state index contributed by atoms with van der Waals surface area (Å²) in [7, 11) is 0. The lowest BCUT2D eigenvalue weighted by atomic mass is 10.3. The Morgan fingerprint density at radius 2 is 1.96 bits per heavy atom. The first-order valence-electron chi connectivity index (χ1n) is 9.07. The second-order valence-electron chi connectivity index (χ2n) is 6.49. The third-order valence-electron chi connectivity index (χ3n) is 4.35. The van der Waals surface area contributed by atoms with Crippen molar-refractivity contribution in [2.24, 2.45) is 0 Å². The fourth-order valence-electron chi connectivity index (χ4n) is 2.84. The molecule has 2 aromatic heterocycles. The van der Waals surface area contributed by atoms with Crippen LogP contribution in [0.25, 0.3) is 0 Å². The molecular weight excluding hydrogens is 360 g/mol. The van der Waals surface area contributed by atoms with E-state index in [9.17, 15) is 0 Å². The number of nitrogens with two attached hydrogens (primary N) is 1. The van der Waals surface area contributed by atoms with E-state index in [0.717, 1.165) is 23.2 Å². The number of benzene rings is 1. The van der Waals surface area contributed by atoms with Gasteiger partial charge in [-0.2, -0.15) is 15.0 Å². The van der Waals surface area contributed by atoms with Crippen LogP contribution in [0, 0.1) is 0 Å². The van der Waals surface area contributed by atoms with E-state index in [-0.39, 0.29) is 11.2 Å². The van der Waals surface area contributed by atoms with Gasteiger partial charge in [-0.1, -0.05) is 30.0 Å². The Bertz CT molecular complexity index is 922. The molecule has 0 radical (unpaired) electrons. The van der Waals surface area contributed by atoms with E-state index in [4.69, 9.17) is 5.73 Å². The van der Waals surface area contributed by atoms with Crippen LogP contribution in [0.5, 0.6) is 0 Å². The van der Waals surface area contributed by atoms with E-state index in [0.29, 0.717) is 17.7 Å². The molecule has 1 unspecified atom stereocenters. The van der Waals surface area contributed by atoms with Crippen LogP contribution in [0.3, 0.4) is 0 Å². The van der Waals surface area contributed by atoms with Gasteiger partial charge in [-0.25, -0.2) is 0 Å². The molecule has 27 heavy (non-hydrogen) atoms. The quantitative estimate of drug-likeness (QED) is 0.598. The molecule has 2 heterocycles. The van der Waals surface area contributed by atoms with Crippen molar-refractivity contribution in [2.45, 2.75) is 49.6 Å². The second-order valence-corrected chi connectivity index (χ2v) is 7.79. The topological polar surface area (TPSA) is 107 Å². The highest BCUT2D eigenvalue weighted by Crippen LogP contribution is 2.41. The Labute approximate surface area is 162 Å². The van der Waals surface area contributed by atoms with Crippen LogP contribution >= 0.6 is 11.8 Å². The van der Waals surface area contributed by atoms with Gasteiger partial charge in [0.25, 0.3) is 0 Å². The first-order chi connectivity index (χ1) is 13.1. The molecule has 1 atom stereocenters. The summed E-state index contributed by atoms with van der Waals surface area (Å²) in [6.45, 7) is 5.01. The van der Waals surface area contributed by atoms with Crippen LogP contribution in [0.15, 0.2) is 35.5 Å². The summed E-state index contributed by atoms with van der Waals surface area (Å²) in [5, 5.41) is 12.8. The SMILES string of the molecule is CCn1c(SC(C)c2nc(N)nc(Nc3ccccc3)n2)nnc1C1CC1. The smallest absolute Gasteiger partial charge is 0.232 e. The van der Waals surface area contributed by atoms with Crippen LogP contribution in [0.2, 0.25) is 0 Å². The molecule has 0 aliphatic heterocycles. The van der Waals surface area contributed by atoms with E-state index < -0.39 is 0 Å². The van der Waals surface area contributed by atoms with Crippen molar-refractivity contribution >= 4 is 29.3 Å². The van der Waals surface area contributed by atoms with Crippen LogP contribution in [-0.4, -0.2) is 29.7 Å². The number of anilines is 3. The molecule has 4 rings (SSSR count). The van der Waals surface area contributed by atoms with Crippen molar-refractivity contribution in [2.75, 3.05) is 11.1 Å². The van der Waals surface area contributed by atoms with E-state index in [1.165, 1.54) is 12.8 Å². The maximum Gasteiger partial charge on any atom is 0.232 e. The molecule has 0 spiro atoms. The summed E-state index contributed by atoms with van der Waals surface area (Å²) in [6.07, 6.45) is 2.41. The monoisotopic (exact) mass is 382 g/mol. The molecule has 3 N–H and O–H groups in total. The van der Waals surface area contributed by atoms with Gasteiger partial charge < -0.3 is 15.6 Å². The largest absolute Gasteiger partial charge is 0.368 e. The summed E-state index contributed by atoms with van der Waals surface area (Å²) < 4.78 is 2.19. The van der Waals surface area contributed by atoms with Crippen LogP contribution in [0.1, 0.15) is 49.5 Å². The maximum absolute atomic E-state index is 5.91. The number of hydrogen-bond donors (Lipinski definition) is 2. The Morgan fingerprint density at radius 1 is 1.19 bits per heavy atom. The van der Waals surface area contributed by atoms with Gasteiger partial charge in [0.2, 0.25) is 11.9 Å². The molecule has 1 aliphatic carbocycles. The summed E-state index contributed by atoms with van der Waals surface area (Å²) in [6, 6.07) is 9.74. The third-order valence-corrected chi connectivity index (χ3v) is 5.43. The van der Waals surface area contributed by atoms with Crippen LogP contribution < -0.4 is 11.1 Å². The molecule has 1 aliphatic rings. The van der Waals surface area contributed by atoms with E-state index in [1.807, 2.05) is 37.3 Å². The highest BCUT2D eigenvalue weighted by atomic mass is 32.2. The van der Waals surface area contributed by atoms with Crippen molar-refractivity contribution in [1.82, 2.24) is 29.7 Å². The van der Waals surface area contributed by atoms with Crippen molar-refractivity contribution in [3.63, 3.8) is 0 Å². The Balaban J connectivity index is 1.54. The normalized spacial score (nSPS) is 14.9. The summed E-state index contributed by atoms with van der Waals surface area (Å²) >= 11 is 1.59. The predicted octanol–water partition coefficient (Wildman–Crippen LogP) is 3.54. The summed E-state index contributed by atoms with van der Waals surface area (Å²) in [5.41, 5.74) is 6.81. The van der Waals surface area contributed by atoms with Crippen LogP contribution in [0.4, 0.5) is 17.6 Å². The second kappa shape index (κ2) is 7.51. The summed E-state index contributed by atoms with van der Waals surface area (Å²) in [5.74, 6) is 2.91. The van der Waals surface area contributed by atoms with Gasteiger partial charge in [-0.15, -0.1) is 10.2 Å². The first kappa shape index (κ1) is 17.7. The lowest BCUT2D eigenvalue weighted by Crippen LogP contribution is -2.09. The first-order valence-corrected chi connectivity index (χ1v) is 9.95. The number of nitrogen functional groups attached to an aromatic ring is 1. The zero-order valence-corrected chi connectivity index (χ0v) is 16.1. The van der Waals surface area contributed by atoms with Crippen LogP contribution in [-0.2, 0) is 6.54 Å². The molecule has 0 saturated heterocycles. The fourth-order valence-corrected chi connectivity index (χ4v) is 3.80. The summed E-state index contributed by atoms with van der Waals surface area (Å²) in [4.78, 5) is 13.1. The lowest BCUT2D eigenvalue weighted by Gasteiger charge is -2.13. The Morgan fingerprint density at radius 3 is 2.67 bits per heavy atom. The van der Waals surface area contributed by atoms with E-state index >= 15 is 0 Å². The van der Waals surface area contributed by atoms with Gasteiger partial charge in [-0.05, 0) is 38.8 Å². The number of hydrogen-bond acceptors (Lipinski definition) is 8. The molecule has 1 saturated carbocycles. The van der Waals surface area contributed by atoms with Crippen molar-refractivity contribution in [3.8, 4) is 0 Å². The van der Waals surface area contributed by atoms with Crippen molar-refractivity contribution in [1.29, 1.82) is 0 Å².